The number of esters is 2. The van der Waals surface area contributed by atoms with Gasteiger partial charge in [0.25, 0.3) is 0 Å². The van der Waals surface area contributed by atoms with Gasteiger partial charge in [-0.2, -0.15) is 0 Å². The first kappa shape index (κ1) is 15.7. The molecule has 0 aromatic carbocycles. The highest BCUT2D eigenvalue weighted by Crippen LogP contribution is 2.22. The summed E-state index contributed by atoms with van der Waals surface area (Å²) in [6.07, 6.45) is -0.243. The van der Waals surface area contributed by atoms with Crippen LogP contribution in [-0.4, -0.2) is 43.7 Å². The first-order valence-electron chi connectivity index (χ1n) is 6.10. The third-order valence-electron chi connectivity index (χ3n) is 2.39. The van der Waals surface area contributed by atoms with E-state index in [1.54, 1.807) is 20.8 Å². The molecule has 0 aromatic heterocycles. The Hall–Kier alpha value is -1.40. The van der Waals surface area contributed by atoms with Gasteiger partial charge in [0.05, 0.1) is 13.0 Å². The molecule has 1 saturated heterocycles. The SMILES string of the molecule is C=C(C)C(=O)OCCC(=O)OCC1COC(C)(C)O1. The molecule has 1 aliphatic rings. The maximum atomic E-state index is 11.4. The number of rotatable bonds is 6. The third kappa shape index (κ3) is 5.85. The number of carbonyl (C=O) groups excluding carboxylic acids is 2. The molecule has 0 bridgehead atoms. The van der Waals surface area contributed by atoms with E-state index >= 15 is 0 Å². The summed E-state index contributed by atoms with van der Waals surface area (Å²) >= 11 is 0. The number of hydrogen-bond donors (Lipinski definition) is 0. The summed E-state index contributed by atoms with van der Waals surface area (Å²) in [5.74, 6) is -1.58. The fraction of sp³-hybridized carbons (Fsp3) is 0.692. The molecule has 19 heavy (non-hydrogen) atoms. The van der Waals surface area contributed by atoms with Crippen LogP contribution in [-0.2, 0) is 28.5 Å². The van der Waals surface area contributed by atoms with Crippen LogP contribution in [0.5, 0.6) is 0 Å². The quantitative estimate of drug-likeness (QED) is 0.534. The Labute approximate surface area is 112 Å². The monoisotopic (exact) mass is 272 g/mol. The van der Waals surface area contributed by atoms with Gasteiger partial charge in [-0.3, -0.25) is 4.79 Å². The Bertz CT molecular complexity index is 360. The van der Waals surface area contributed by atoms with E-state index < -0.39 is 17.7 Å². The third-order valence-corrected chi connectivity index (χ3v) is 2.39. The maximum absolute atomic E-state index is 11.4. The molecule has 1 rings (SSSR count). The zero-order chi connectivity index (χ0) is 14.5. The molecule has 108 valence electrons. The lowest BCUT2D eigenvalue weighted by Gasteiger charge is -2.16. The van der Waals surface area contributed by atoms with Gasteiger partial charge in [0.1, 0.15) is 19.3 Å². The van der Waals surface area contributed by atoms with Gasteiger partial charge in [-0.15, -0.1) is 0 Å². The molecule has 0 aliphatic carbocycles. The molecule has 1 atom stereocenters. The minimum absolute atomic E-state index is 0.00991. The highest BCUT2D eigenvalue weighted by Gasteiger charge is 2.33. The molecule has 0 aromatic rings. The van der Waals surface area contributed by atoms with E-state index in [1.165, 1.54) is 0 Å². The van der Waals surface area contributed by atoms with E-state index in [0.29, 0.717) is 12.2 Å². The van der Waals surface area contributed by atoms with E-state index in [-0.39, 0.29) is 25.7 Å². The normalized spacial score (nSPS) is 20.9. The van der Waals surface area contributed by atoms with Crippen molar-refractivity contribution in [2.24, 2.45) is 0 Å². The molecule has 0 spiro atoms. The zero-order valence-electron chi connectivity index (χ0n) is 11.6. The van der Waals surface area contributed by atoms with Crippen LogP contribution in [0.4, 0.5) is 0 Å². The Morgan fingerprint density at radius 1 is 1.37 bits per heavy atom. The lowest BCUT2D eigenvalue weighted by Crippen LogP contribution is -2.25. The minimum atomic E-state index is -0.631. The van der Waals surface area contributed by atoms with Crippen LogP contribution in [0.25, 0.3) is 0 Å². The summed E-state index contributed by atoms with van der Waals surface area (Å²) in [5, 5.41) is 0. The smallest absolute Gasteiger partial charge is 0.333 e. The molecule has 1 unspecified atom stereocenters. The number of hydrogen-bond acceptors (Lipinski definition) is 6. The van der Waals surface area contributed by atoms with Crippen LogP contribution < -0.4 is 0 Å². The van der Waals surface area contributed by atoms with Gasteiger partial charge in [-0.1, -0.05) is 6.58 Å². The van der Waals surface area contributed by atoms with Crippen molar-refractivity contribution in [2.75, 3.05) is 19.8 Å². The first-order valence-corrected chi connectivity index (χ1v) is 6.10. The van der Waals surface area contributed by atoms with Gasteiger partial charge in [-0.25, -0.2) is 4.79 Å². The van der Waals surface area contributed by atoms with E-state index in [4.69, 9.17) is 18.9 Å². The summed E-state index contributed by atoms with van der Waals surface area (Å²) in [7, 11) is 0. The summed E-state index contributed by atoms with van der Waals surface area (Å²) in [6.45, 7) is 9.08. The van der Waals surface area contributed by atoms with Crippen LogP contribution in [0.2, 0.25) is 0 Å². The van der Waals surface area contributed by atoms with Gasteiger partial charge in [0.2, 0.25) is 0 Å². The lowest BCUT2D eigenvalue weighted by molar-refractivity contribution is -0.159. The topological polar surface area (TPSA) is 71.1 Å². The van der Waals surface area contributed by atoms with Crippen molar-refractivity contribution in [3.05, 3.63) is 12.2 Å². The van der Waals surface area contributed by atoms with Gasteiger partial charge in [0.15, 0.2) is 5.79 Å². The largest absolute Gasteiger partial charge is 0.463 e. The minimum Gasteiger partial charge on any atom is -0.463 e. The number of carbonyl (C=O) groups is 2. The Morgan fingerprint density at radius 3 is 2.58 bits per heavy atom. The predicted molar refractivity (Wildman–Crippen MR) is 66.3 cm³/mol. The predicted octanol–water partition coefficient (Wildman–Crippen LogP) is 1.19. The van der Waals surface area contributed by atoms with E-state index in [0.717, 1.165) is 0 Å². The van der Waals surface area contributed by atoms with E-state index in [1.807, 2.05) is 0 Å². The van der Waals surface area contributed by atoms with Crippen molar-refractivity contribution in [1.82, 2.24) is 0 Å². The molecule has 1 fully saturated rings. The molecule has 0 radical (unpaired) electrons. The molecule has 0 saturated carbocycles. The zero-order valence-corrected chi connectivity index (χ0v) is 11.6. The van der Waals surface area contributed by atoms with Crippen molar-refractivity contribution >= 4 is 11.9 Å². The molecule has 0 amide bonds. The summed E-state index contributed by atoms with van der Waals surface area (Å²) in [5.41, 5.74) is 0.298. The van der Waals surface area contributed by atoms with Crippen LogP contribution in [0, 0.1) is 0 Å². The highest BCUT2D eigenvalue weighted by molar-refractivity contribution is 5.87. The van der Waals surface area contributed by atoms with Crippen molar-refractivity contribution in [2.45, 2.75) is 39.1 Å². The second-order valence-corrected chi connectivity index (χ2v) is 4.80. The molecular formula is C13H20O6. The van der Waals surface area contributed by atoms with Gasteiger partial charge in [0, 0.05) is 5.57 Å². The van der Waals surface area contributed by atoms with Crippen molar-refractivity contribution < 1.29 is 28.5 Å². The molecule has 6 nitrogen and oxygen atoms in total. The van der Waals surface area contributed by atoms with Crippen LogP contribution in [0.3, 0.4) is 0 Å². The summed E-state index contributed by atoms with van der Waals surface area (Å²) < 4.78 is 20.6. The summed E-state index contributed by atoms with van der Waals surface area (Å²) in [4.78, 5) is 22.4. The average Bonchev–Trinajstić information content (AvgIpc) is 2.66. The standard InChI is InChI=1S/C13H20O6/c1-9(2)12(15)16-6-5-11(14)17-7-10-8-18-13(3,4)19-10/h10H,1,5-8H2,2-4H3. The second kappa shape index (κ2) is 6.68. The fourth-order valence-electron chi connectivity index (χ4n) is 1.45. The van der Waals surface area contributed by atoms with Crippen molar-refractivity contribution in [1.29, 1.82) is 0 Å². The van der Waals surface area contributed by atoms with Crippen molar-refractivity contribution in [3.8, 4) is 0 Å². The van der Waals surface area contributed by atoms with Crippen LogP contribution in [0.15, 0.2) is 12.2 Å². The molecular weight excluding hydrogens is 252 g/mol. The summed E-state index contributed by atoms with van der Waals surface area (Å²) in [6, 6.07) is 0. The van der Waals surface area contributed by atoms with Crippen LogP contribution in [0.1, 0.15) is 27.2 Å². The Morgan fingerprint density at radius 2 is 2.05 bits per heavy atom. The Kier molecular flexibility index (Phi) is 5.50. The average molecular weight is 272 g/mol. The van der Waals surface area contributed by atoms with Crippen molar-refractivity contribution in [3.63, 3.8) is 0 Å². The first-order chi connectivity index (χ1) is 8.80. The molecule has 1 aliphatic heterocycles. The molecule has 6 heteroatoms. The maximum Gasteiger partial charge on any atom is 0.333 e. The highest BCUT2D eigenvalue weighted by atomic mass is 16.7. The fourth-order valence-corrected chi connectivity index (χ4v) is 1.45. The molecule has 0 N–H and O–H groups in total. The molecule has 1 heterocycles. The van der Waals surface area contributed by atoms with E-state index in [9.17, 15) is 9.59 Å². The van der Waals surface area contributed by atoms with Gasteiger partial charge >= 0.3 is 11.9 Å². The second-order valence-electron chi connectivity index (χ2n) is 4.80. The van der Waals surface area contributed by atoms with Gasteiger partial charge < -0.3 is 18.9 Å². The van der Waals surface area contributed by atoms with Crippen LogP contribution >= 0.6 is 0 Å². The van der Waals surface area contributed by atoms with Gasteiger partial charge in [-0.05, 0) is 20.8 Å². The Balaban J connectivity index is 2.12. The lowest BCUT2D eigenvalue weighted by atomic mass is 10.3. The van der Waals surface area contributed by atoms with E-state index in [2.05, 4.69) is 6.58 Å². The number of ether oxygens (including phenoxy) is 4.